The van der Waals surface area contributed by atoms with Crippen molar-refractivity contribution in [1.82, 2.24) is 9.97 Å². The van der Waals surface area contributed by atoms with Crippen LogP contribution in [0.4, 0.5) is 14.7 Å². The molecule has 2 aliphatic rings. The third-order valence-corrected chi connectivity index (χ3v) is 6.51. The van der Waals surface area contributed by atoms with E-state index in [0.29, 0.717) is 31.2 Å². The van der Waals surface area contributed by atoms with Gasteiger partial charge < -0.3 is 15.5 Å². The predicted octanol–water partition coefficient (Wildman–Crippen LogP) is 4.12. The van der Waals surface area contributed by atoms with Crippen LogP contribution in [-0.4, -0.2) is 40.8 Å². The highest BCUT2D eigenvalue weighted by molar-refractivity contribution is 5.93. The van der Waals surface area contributed by atoms with Crippen molar-refractivity contribution in [1.29, 1.82) is 0 Å². The molecule has 0 bridgehead atoms. The number of aryl methyl sites for hydroxylation is 1. The van der Waals surface area contributed by atoms with Gasteiger partial charge in [0, 0.05) is 38.3 Å². The van der Waals surface area contributed by atoms with Crippen LogP contribution in [0, 0.1) is 11.6 Å². The molecule has 1 aliphatic carbocycles. The predicted molar refractivity (Wildman–Crippen MR) is 121 cm³/mol. The zero-order chi connectivity index (χ0) is 23.4. The molecule has 1 aromatic carbocycles. The average Bonchev–Trinajstić information content (AvgIpc) is 2.84. The van der Waals surface area contributed by atoms with Crippen molar-refractivity contribution in [3.8, 4) is 0 Å². The van der Waals surface area contributed by atoms with E-state index in [0.717, 1.165) is 61.7 Å². The van der Waals surface area contributed by atoms with Crippen molar-refractivity contribution in [3.05, 3.63) is 52.9 Å². The highest BCUT2D eigenvalue weighted by Gasteiger charge is 2.26. The van der Waals surface area contributed by atoms with Crippen LogP contribution in [-0.2, 0) is 11.3 Å². The fourth-order valence-corrected chi connectivity index (χ4v) is 4.42. The summed E-state index contributed by atoms with van der Waals surface area (Å²) in [5.41, 5.74) is 7.03. The normalized spacial score (nSPS) is 19.4. The SMILES string of the molecule is CCc1cnc(N2CCC(ON=C3CCC(c4cc(F)c(C(N)=O)cc4F)CC3)CC2)nc1. The van der Waals surface area contributed by atoms with Gasteiger partial charge in [0.15, 0.2) is 0 Å². The number of carbonyl (C=O) groups excluding carboxylic acids is 1. The van der Waals surface area contributed by atoms with E-state index in [4.69, 9.17) is 10.6 Å². The van der Waals surface area contributed by atoms with E-state index in [1.807, 2.05) is 12.4 Å². The van der Waals surface area contributed by atoms with Gasteiger partial charge in [0.1, 0.15) is 17.7 Å². The fraction of sp³-hybridized carbons (Fsp3) is 0.500. The molecule has 2 N–H and O–H groups in total. The molecule has 33 heavy (non-hydrogen) atoms. The maximum Gasteiger partial charge on any atom is 0.251 e. The first-order valence-electron chi connectivity index (χ1n) is 11.5. The number of piperidine rings is 1. The Morgan fingerprint density at radius 3 is 2.39 bits per heavy atom. The molecule has 0 atom stereocenters. The van der Waals surface area contributed by atoms with Crippen LogP contribution in [0.5, 0.6) is 0 Å². The van der Waals surface area contributed by atoms with Gasteiger partial charge in [0.05, 0.1) is 11.3 Å². The largest absolute Gasteiger partial charge is 0.392 e. The summed E-state index contributed by atoms with van der Waals surface area (Å²) in [4.78, 5) is 28.1. The lowest BCUT2D eigenvalue weighted by Crippen LogP contribution is -2.37. The van der Waals surface area contributed by atoms with Crippen LogP contribution in [0.3, 0.4) is 0 Å². The Labute approximate surface area is 192 Å². The first-order valence-corrected chi connectivity index (χ1v) is 11.5. The molecule has 176 valence electrons. The summed E-state index contributed by atoms with van der Waals surface area (Å²) in [6.07, 6.45) is 9.04. The fourth-order valence-electron chi connectivity index (χ4n) is 4.42. The Balaban J connectivity index is 1.26. The van der Waals surface area contributed by atoms with Crippen molar-refractivity contribution in [3.63, 3.8) is 0 Å². The lowest BCUT2D eigenvalue weighted by Gasteiger charge is -2.31. The summed E-state index contributed by atoms with van der Waals surface area (Å²) in [6, 6.07) is 2.00. The lowest BCUT2D eigenvalue weighted by molar-refractivity contribution is 0.0406. The summed E-state index contributed by atoms with van der Waals surface area (Å²) in [5, 5.41) is 4.37. The molecule has 1 saturated heterocycles. The smallest absolute Gasteiger partial charge is 0.251 e. The Morgan fingerprint density at radius 2 is 1.79 bits per heavy atom. The number of hydrogen-bond acceptors (Lipinski definition) is 6. The van der Waals surface area contributed by atoms with Crippen LogP contribution < -0.4 is 10.6 Å². The highest BCUT2D eigenvalue weighted by atomic mass is 19.1. The van der Waals surface area contributed by atoms with E-state index in [1.54, 1.807) is 0 Å². The van der Waals surface area contributed by atoms with Gasteiger partial charge in [-0.2, -0.15) is 0 Å². The highest BCUT2D eigenvalue weighted by Crippen LogP contribution is 2.34. The van der Waals surface area contributed by atoms with Crippen LogP contribution in [0.25, 0.3) is 0 Å². The van der Waals surface area contributed by atoms with E-state index in [2.05, 4.69) is 26.9 Å². The number of nitrogens with two attached hydrogens (primary N) is 1. The minimum atomic E-state index is -0.971. The summed E-state index contributed by atoms with van der Waals surface area (Å²) < 4.78 is 28.5. The number of halogens is 2. The van der Waals surface area contributed by atoms with Gasteiger partial charge in [-0.3, -0.25) is 4.79 Å². The van der Waals surface area contributed by atoms with E-state index in [1.165, 1.54) is 0 Å². The van der Waals surface area contributed by atoms with Crippen LogP contribution in [0.1, 0.15) is 72.9 Å². The van der Waals surface area contributed by atoms with Crippen molar-refractivity contribution >= 4 is 17.6 Å². The van der Waals surface area contributed by atoms with E-state index >= 15 is 0 Å². The van der Waals surface area contributed by atoms with Crippen molar-refractivity contribution in [2.75, 3.05) is 18.0 Å². The number of anilines is 1. The Kier molecular flexibility index (Phi) is 7.15. The number of amides is 1. The maximum atomic E-state index is 14.4. The monoisotopic (exact) mass is 457 g/mol. The molecule has 2 aromatic rings. The molecule has 1 aromatic heterocycles. The quantitative estimate of drug-likeness (QED) is 0.659. The lowest BCUT2D eigenvalue weighted by atomic mass is 9.82. The molecule has 2 fully saturated rings. The van der Waals surface area contributed by atoms with E-state index in [-0.39, 0.29) is 12.0 Å². The molecule has 4 rings (SSSR count). The van der Waals surface area contributed by atoms with Crippen molar-refractivity contribution in [2.24, 2.45) is 10.9 Å². The van der Waals surface area contributed by atoms with Gasteiger partial charge in [-0.05, 0) is 61.3 Å². The van der Waals surface area contributed by atoms with Gasteiger partial charge in [-0.25, -0.2) is 18.7 Å². The standard InChI is InChI=1S/C24H29F2N5O2/c1-2-15-13-28-24(29-14-15)31-9-7-18(8-10-31)33-30-17-5-3-16(4-6-17)19-11-22(26)20(23(27)32)12-21(19)25/h11-14,16,18H,2-10H2,1H3,(H2,27,32). The summed E-state index contributed by atoms with van der Waals surface area (Å²) >= 11 is 0. The van der Waals surface area contributed by atoms with Crippen molar-refractivity contribution in [2.45, 2.75) is 63.9 Å². The average molecular weight is 458 g/mol. The number of primary amides is 1. The number of hydrogen-bond donors (Lipinski definition) is 1. The number of benzene rings is 1. The molecule has 7 nitrogen and oxygen atoms in total. The van der Waals surface area contributed by atoms with Gasteiger partial charge >= 0.3 is 0 Å². The third-order valence-electron chi connectivity index (χ3n) is 6.51. The summed E-state index contributed by atoms with van der Waals surface area (Å²) in [7, 11) is 0. The second-order valence-corrected chi connectivity index (χ2v) is 8.69. The number of oxime groups is 1. The van der Waals surface area contributed by atoms with Gasteiger partial charge in [0.25, 0.3) is 5.91 Å². The van der Waals surface area contributed by atoms with Gasteiger partial charge in [0.2, 0.25) is 5.95 Å². The Bertz CT molecular complexity index is 1010. The minimum absolute atomic E-state index is 0.0503. The van der Waals surface area contributed by atoms with Gasteiger partial charge in [-0.15, -0.1) is 0 Å². The Hall–Kier alpha value is -3.10. The molecular formula is C24H29F2N5O2. The second-order valence-electron chi connectivity index (χ2n) is 8.69. The second kappa shape index (κ2) is 10.2. The molecule has 1 saturated carbocycles. The summed E-state index contributed by atoms with van der Waals surface area (Å²) in [6.45, 7) is 3.71. The first kappa shape index (κ1) is 23.1. The molecule has 0 unspecified atom stereocenters. The molecule has 1 aliphatic heterocycles. The first-order chi connectivity index (χ1) is 15.9. The van der Waals surface area contributed by atoms with Crippen LogP contribution in [0.15, 0.2) is 29.7 Å². The molecule has 9 heteroatoms. The van der Waals surface area contributed by atoms with E-state index in [9.17, 15) is 13.6 Å². The number of nitrogens with zero attached hydrogens (tertiary/aromatic N) is 4. The number of rotatable bonds is 6. The Morgan fingerprint density at radius 1 is 1.12 bits per heavy atom. The number of carbonyl (C=O) groups is 1. The zero-order valence-electron chi connectivity index (χ0n) is 18.8. The third kappa shape index (κ3) is 5.46. The molecule has 0 radical (unpaired) electrons. The van der Waals surface area contributed by atoms with Crippen molar-refractivity contribution < 1.29 is 18.4 Å². The molecule has 2 heterocycles. The summed E-state index contributed by atoms with van der Waals surface area (Å²) in [5.74, 6) is -1.71. The van der Waals surface area contributed by atoms with Gasteiger partial charge in [-0.1, -0.05) is 12.1 Å². The molecule has 0 spiro atoms. The topological polar surface area (TPSA) is 93.7 Å². The minimum Gasteiger partial charge on any atom is -0.392 e. The number of aromatic nitrogens is 2. The van der Waals surface area contributed by atoms with Crippen LogP contribution >= 0.6 is 0 Å². The molecular weight excluding hydrogens is 428 g/mol. The van der Waals surface area contributed by atoms with Crippen LogP contribution in [0.2, 0.25) is 0 Å². The molecule has 1 amide bonds. The maximum absolute atomic E-state index is 14.4. The zero-order valence-corrected chi connectivity index (χ0v) is 18.8. The van der Waals surface area contributed by atoms with E-state index < -0.39 is 23.1 Å².